The van der Waals surface area contributed by atoms with E-state index in [9.17, 15) is 5.11 Å². The van der Waals surface area contributed by atoms with Crippen LogP contribution in [0.2, 0.25) is 0 Å². The zero-order valence-electron chi connectivity index (χ0n) is 15.1. The van der Waals surface area contributed by atoms with Gasteiger partial charge in [0.05, 0.1) is 26.9 Å². The van der Waals surface area contributed by atoms with Crippen molar-refractivity contribution in [2.45, 2.75) is 39.2 Å². The van der Waals surface area contributed by atoms with E-state index in [1.54, 1.807) is 14.2 Å². The molecule has 1 saturated heterocycles. The number of benzene rings is 1. The van der Waals surface area contributed by atoms with Crippen molar-refractivity contribution < 1.29 is 19.3 Å². The largest absolute Gasteiger partial charge is 0.502 e. The van der Waals surface area contributed by atoms with Gasteiger partial charge in [0.25, 0.3) is 0 Å². The van der Waals surface area contributed by atoms with E-state index >= 15 is 0 Å². The van der Waals surface area contributed by atoms with Crippen LogP contribution in [0.1, 0.15) is 50.3 Å². The Morgan fingerprint density at radius 3 is 2.67 bits per heavy atom. The number of ether oxygens (including phenoxy) is 3. The molecule has 1 aromatic carbocycles. The van der Waals surface area contributed by atoms with E-state index in [1.807, 2.05) is 6.07 Å². The van der Waals surface area contributed by atoms with Gasteiger partial charge in [-0.3, -0.25) is 0 Å². The molecular formula is C20H26O4. The molecule has 0 bridgehead atoms. The van der Waals surface area contributed by atoms with Crippen LogP contribution in [0.4, 0.5) is 0 Å². The van der Waals surface area contributed by atoms with Crippen molar-refractivity contribution in [3.8, 4) is 17.2 Å². The van der Waals surface area contributed by atoms with Gasteiger partial charge in [-0.15, -0.1) is 0 Å². The summed E-state index contributed by atoms with van der Waals surface area (Å²) < 4.78 is 17.2. The van der Waals surface area contributed by atoms with Gasteiger partial charge in [-0.25, -0.2) is 0 Å². The summed E-state index contributed by atoms with van der Waals surface area (Å²) in [6, 6.07) is 1.94. The van der Waals surface area contributed by atoms with Crippen LogP contribution in [0.5, 0.6) is 17.2 Å². The van der Waals surface area contributed by atoms with Crippen LogP contribution in [0.3, 0.4) is 0 Å². The van der Waals surface area contributed by atoms with Gasteiger partial charge in [0.1, 0.15) is 0 Å². The van der Waals surface area contributed by atoms with Gasteiger partial charge in [0.2, 0.25) is 5.75 Å². The highest BCUT2D eigenvalue weighted by atomic mass is 16.5. The van der Waals surface area contributed by atoms with Gasteiger partial charge in [-0.05, 0) is 29.9 Å². The molecule has 1 unspecified atom stereocenters. The van der Waals surface area contributed by atoms with E-state index in [-0.39, 0.29) is 23.2 Å². The standard InChI is InChI=1S/C20H26O4/c1-10(2)11-6-12-9-24-19-13-8-15(22-4)17(21)18(23-5)16(13)14(7-11)20(12,19)3/h7-8,10,12,14,19,21H,6,9H2,1-5H3/t12-,14?,19-,20+/m0/s1. The molecule has 0 radical (unpaired) electrons. The first kappa shape index (κ1) is 15.8. The Bertz CT molecular complexity index is 721. The number of phenols is 1. The maximum Gasteiger partial charge on any atom is 0.201 e. The van der Waals surface area contributed by atoms with Gasteiger partial charge in [0.15, 0.2) is 11.5 Å². The molecule has 1 aromatic rings. The molecule has 0 spiro atoms. The molecule has 24 heavy (non-hydrogen) atoms. The molecule has 0 aromatic heterocycles. The Labute approximate surface area is 143 Å². The van der Waals surface area contributed by atoms with E-state index in [1.165, 1.54) is 5.57 Å². The maximum atomic E-state index is 10.6. The zero-order valence-corrected chi connectivity index (χ0v) is 15.1. The zero-order chi connectivity index (χ0) is 17.2. The van der Waals surface area contributed by atoms with Crippen molar-refractivity contribution in [2.24, 2.45) is 17.3 Å². The van der Waals surface area contributed by atoms with Gasteiger partial charge >= 0.3 is 0 Å². The third-order valence-electron chi connectivity index (χ3n) is 6.49. The molecule has 1 N–H and O–H groups in total. The van der Waals surface area contributed by atoms with Gasteiger partial charge in [-0.2, -0.15) is 0 Å². The summed E-state index contributed by atoms with van der Waals surface area (Å²) in [7, 11) is 3.18. The Balaban J connectivity index is 1.98. The predicted molar refractivity (Wildman–Crippen MR) is 91.8 cm³/mol. The Morgan fingerprint density at radius 2 is 2.04 bits per heavy atom. The van der Waals surface area contributed by atoms with E-state index in [2.05, 4.69) is 26.8 Å². The van der Waals surface area contributed by atoms with Crippen LogP contribution in [0.15, 0.2) is 17.7 Å². The molecule has 0 saturated carbocycles. The number of hydrogen-bond acceptors (Lipinski definition) is 4. The van der Waals surface area contributed by atoms with Crippen LogP contribution in [-0.2, 0) is 4.74 Å². The van der Waals surface area contributed by atoms with E-state index in [0.29, 0.717) is 23.3 Å². The smallest absolute Gasteiger partial charge is 0.201 e. The Morgan fingerprint density at radius 1 is 1.29 bits per heavy atom. The minimum Gasteiger partial charge on any atom is -0.502 e. The molecule has 1 heterocycles. The van der Waals surface area contributed by atoms with Crippen LogP contribution < -0.4 is 9.47 Å². The number of fused-ring (bicyclic) bond motifs is 3. The molecule has 1 aliphatic heterocycles. The summed E-state index contributed by atoms with van der Waals surface area (Å²) in [5.74, 6) is 2.31. The molecular weight excluding hydrogens is 304 g/mol. The molecule has 130 valence electrons. The SMILES string of the molecule is COc1cc2c(c(OC)c1O)C1C=C(C(C)C)C[C@H]3CO[C@@H]2[C@@]13C. The predicted octanol–water partition coefficient (Wildman–Crippen LogP) is 4.19. The number of aromatic hydroxyl groups is 1. The van der Waals surface area contributed by atoms with Crippen molar-refractivity contribution in [1.29, 1.82) is 0 Å². The fourth-order valence-corrected chi connectivity index (χ4v) is 5.03. The monoisotopic (exact) mass is 330 g/mol. The lowest BCUT2D eigenvalue weighted by atomic mass is 9.62. The van der Waals surface area contributed by atoms with Crippen LogP contribution in [-0.4, -0.2) is 25.9 Å². The lowest BCUT2D eigenvalue weighted by Gasteiger charge is -2.40. The normalized spacial score (nSPS) is 33.2. The summed E-state index contributed by atoms with van der Waals surface area (Å²) in [6.07, 6.45) is 3.54. The summed E-state index contributed by atoms with van der Waals surface area (Å²) in [5.41, 5.74) is 3.69. The summed E-state index contributed by atoms with van der Waals surface area (Å²) in [4.78, 5) is 0. The number of allylic oxidation sites excluding steroid dienone is 2. The second-order valence-electron chi connectivity index (χ2n) is 7.82. The topological polar surface area (TPSA) is 47.9 Å². The molecule has 2 aliphatic carbocycles. The molecule has 4 atom stereocenters. The molecule has 4 heteroatoms. The summed E-state index contributed by atoms with van der Waals surface area (Å²) in [5, 5.41) is 10.6. The van der Waals surface area contributed by atoms with Gasteiger partial charge in [-0.1, -0.05) is 32.4 Å². The highest BCUT2D eigenvalue weighted by Gasteiger charge is 2.61. The average Bonchev–Trinajstić information content (AvgIpc) is 3.02. The molecule has 1 fully saturated rings. The van der Waals surface area contributed by atoms with Crippen molar-refractivity contribution in [1.82, 2.24) is 0 Å². The quantitative estimate of drug-likeness (QED) is 0.844. The average molecular weight is 330 g/mol. The molecule has 0 amide bonds. The van der Waals surface area contributed by atoms with Crippen molar-refractivity contribution in [2.75, 3.05) is 20.8 Å². The number of methoxy groups -OCH3 is 2. The first-order chi connectivity index (χ1) is 11.4. The van der Waals surface area contributed by atoms with E-state index in [4.69, 9.17) is 14.2 Å². The van der Waals surface area contributed by atoms with Crippen LogP contribution in [0, 0.1) is 17.3 Å². The number of rotatable bonds is 3. The van der Waals surface area contributed by atoms with Crippen molar-refractivity contribution in [3.63, 3.8) is 0 Å². The van der Waals surface area contributed by atoms with Crippen LogP contribution in [0.25, 0.3) is 0 Å². The van der Waals surface area contributed by atoms with Gasteiger partial charge in [0, 0.05) is 16.9 Å². The number of phenolic OH excluding ortho intramolecular Hbond substituents is 1. The Hall–Kier alpha value is -1.68. The third kappa shape index (κ3) is 1.78. The second-order valence-corrected chi connectivity index (χ2v) is 7.82. The molecule has 4 nitrogen and oxygen atoms in total. The summed E-state index contributed by atoms with van der Waals surface area (Å²) in [6.45, 7) is 7.63. The summed E-state index contributed by atoms with van der Waals surface area (Å²) >= 11 is 0. The fraction of sp³-hybridized carbons (Fsp3) is 0.600. The highest BCUT2D eigenvalue weighted by Crippen LogP contribution is 2.69. The van der Waals surface area contributed by atoms with Crippen LogP contribution >= 0.6 is 0 Å². The second kappa shape index (κ2) is 5.16. The first-order valence-electron chi connectivity index (χ1n) is 8.73. The minimum atomic E-state index is 0.0206. The number of hydrogen-bond donors (Lipinski definition) is 1. The van der Waals surface area contributed by atoms with Crippen molar-refractivity contribution in [3.05, 3.63) is 28.8 Å². The Kier molecular flexibility index (Phi) is 3.40. The maximum absolute atomic E-state index is 10.6. The molecule has 3 aliphatic rings. The lowest BCUT2D eigenvalue weighted by Crippen LogP contribution is -2.33. The van der Waals surface area contributed by atoms with E-state index in [0.717, 1.165) is 24.2 Å². The fourth-order valence-electron chi connectivity index (χ4n) is 5.03. The first-order valence-corrected chi connectivity index (χ1v) is 8.73. The van der Waals surface area contributed by atoms with Crippen molar-refractivity contribution >= 4 is 0 Å². The highest BCUT2D eigenvalue weighted by molar-refractivity contribution is 5.64. The molecule has 4 rings (SSSR count). The third-order valence-corrected chi connectivity index (χ3v) is 6.49. The van der Waals surface area contributed by atoms with Gasteiger partial charge < -0.3 is 19.3 Å². The lowest BCUT2D eigenvalue weighted by molar-refractivity contribution is 0.0606. The minimum absolute atomic E-state index is 0.0206. The van der Waals surface area contributed by atoms with E-state index < -0.39 is 0 Å².